The molecule has 0 saturated carbocycles. The lowest BCUT2D eigenvalue weighted by Gasteiger charge is -2.31. The fourth-order valence-corrected chi connectivity index (χ4v) is 8.67. The fourth-order valence-electron chi connectivity index (χ4n) is 8.67. The van der Waals surface area contributed by atoms with Crippen molar-refractivity contribution < 1.29 is 23.7 Å². The van der Waals surface area contributed by atoms with E-state index in [1.54, 1.807) is 0 Å². The summed E-state index contributed by atoms with van der Waals surface area (Å²) in [6, 6.07) is 10.3. The van der Waals surface area contributed by atoms with Crippen LogP contribution in [0.25, 0.3) is 45.7 Å². The predicted molar refractivity (Wildman–Crippen MR) is 233 cm³/mol. The number of amides is 1. The topological polar surface area (TPSA) is 196 Å². The van der Waals surface area contributed by atoms with Gasteiger partial charge in [0.2, 0.25) is 17.6 Å². The summed E-state index contributed by atoms with van der Waals surface area (Å²) in [6.07, 6.45) is 15.5. The molecule has 4 N–H and O–H groups in total. The number of nitrogens with one attached hydrogen (secondary N) is 1. The number of hydrogen-bond donors (Lipinski definition) is 3. The van der Waals surface area contributed by atoms with Crippen molar-refractivity contribution in [3.8, 4) is 45.7 Å². The summed E-state index contributed by atoms with van der Waals surface area (Å²) in [5.41, 5.74) is 20.5. The van der Waals surface area contributed by atoms with Crippen LogP contribution in [0.4, 0.5) is 0 Å². The van der Waals surface area contributed by atoms with E-state index in [1.807, 2.05) is 50.8 Å². The van der Waals surface area contributed by atoms with Crippen LogP contribution in [0.1, 0.15) is 97.0 Å². The molecule has 0 saturated heterocycles. The lowest BCUT2D eigenvalue weighted by molar-refractivity contribution is -0.137. The van der Waals surface area contributed by atoms with Crippen LogP contribution in [0.2, 0.25) is 0 Å². The van der Waals surface area contributed by atoms with E-state index in [2.05, 4.69) is 88.4 Å². The maximum absolute atomic E-state index is 11.9. The average molecular weight is 825 g/mol. The molecule has 0 radical (unpaired) electrons. The zero-order valence-electron chi connectivity index (χ0n) is 36.3. The SMILES string of the molecule is Cc1cc(-c2noc(-c3cncc4c3CCC(C)(C)C4)n2)cc(C)c1CCC(=O)NCC(=O)O.Cc1cc(CCN)ccc1-c1noc(-c2cncc3c2CCC(C)(C)C3)n1. The zero-order chi connectivity index (χ0) is 43.5. The van der Waals surface area contributed by atoms with E-state index in [4.69, 9.17) is 19.9 Å². The van der Waals surface area contributed by atoms with Gasteiger partial charge in [0.1, 0.15) is 6.54 Å². The minimum Gasteiger partial charge on any atom is -0.480 e. The van der Waals surface area contributed by atoms with Crippen LogP contribution in [0.3, 0.4) is 0 Å². The Hall–Kier alpha value is -6.08. The van der Waals surface area contributed by atoms with Gasteiger partial charge < -0.3 is 25.2 Å². The highest BCUT2D eigenvalue weighted by molar-refractivity contribution is 5.81. The number of aliphatic carboxylic acids is 1. The van der Waals surface area contributed by atoms with Crippen molar-refractivity contribution in [2.45, 2.75) is 106 Å². The van der Waals surface area contributed by atoms with Crippen molar-refractivity contribution in [3.05, 3.63) is 105 Å². The number of nitrogens with zero attached hydrogens (tertiary/aromatic N) is 6. The van der Waals surface area contributed by atoms with Gasteiger partial charge in [0, 0.05) is 42.3 Å². The third-order valence-corrected chi connectivity index (χ3v) is 12.0. The standard InChI is InChI=1S/C26H30N4O4.C22H26N4O/c1-15-9-17(10-16(2)19(15)5-6-22(31)28-14-23(32)33)24-29-25(34-30-24)21-13-27-12-18-11-26(3,4)8-7-20(18)21;1-14-10-15(7-9-23)4-5-17(14)20-25-21(27-26-20)19-13-24-12-16-11-22(2,3)8-6-18(16)19/h9-10,12-13H,5-8,11,14H2,1-4H3,(H,28,31)(H,32,33);4-5,10,12-13H,6-9,11,23H2,1-3H3. The Labute approximate surface area is 357 Å². The van der Waals surface area contributed by atoms with Gasteiger partial charge in [0.15, 0.2) is 0 Å². The highest BCUT2D eigenvalue weighted by atomic mass is 16.5. The summed E-state index contributed by atoms with van der Waals surface area (Å²) in [6.45, 7) is 15.5. The molecule has 2 aliphatic rings. The first-order chi connectivity index (χ1) is 29.1. The first-order valence-electron chi connectivity index (χ1n) is 21.1. The van der Waals surface area contributed by atoms with Crippen molar-refractivity contribution in [3.63, 3.8) is 0 Å². The minimum atomic E-state index is -1.06. The number of nitrogens with two attached hydrogens (primary N) is 1. The molecule has 4 heterocycles. The Kier molecular flexibility index (Phi) is 12.6. The van der Waals surface area contributed by atoms with Crippen molar-refractivity contribution in [1.29, 1.82) is 0 Å². The van der Waals surface area contributed by atoms with Gasteiger partial charge in [0.05, 0.1) is 11.1 Å². The molecule has 318 valence electrons. The fraction of sp³-hybridized carbons (Fsp3) is 0.417. The number of carbonyl (C=O) groups excluding carboxylic acids is 1. The molecule has 13 heteroatoms. The Bertz CT molecular complexity index is 2550. The normalized spacial score (nSPS) is 15.0. The van der Waals surface area contributed by atoms with Crippen molar-refractivity contribution in [2.24, 2.45) is 16.6 Å². The third-order valence-electron chi connectivity index (χ3n) is 12.0. The molecule has 0 spiro atoms. The van der Waals surface area contributed by atoms with Gasteiger partial charge in [-0.1, -0.05) is 56.2 Å². The van der Waals surface area contributed by atoms with E-state index >= 15 is 0 Å². The Morgan fingerprint density at radius 1 is 0.738 bits per heavy atom. The number of carbonyl (C=O) groups is 2. The van der Waals surface area contributed by atoms with E-state index in [9.17, 15) is 9.59 Å². The molecule has 0 fully saturated rings. The van der Waals surface area contributed by atoms with Gasteiger partial charge >= 0.3 is 5.97 Å². The molecule has 0 atom stereocenters. The summed E-state index contributed by atoms with van der Waals surface area (Å²) >= 11 is 0. The molecule has 4 aromatic heterocycles. The molecule has 8 rings (SSSR count). The van der Waals surface area contributed by atoms with Crippen LogP contribution >= 0.6 is 0 Å². The predicted octanol–water partition coefficient (Wildman–Crippen LogP) is 8.19. The van der Waals surface area contributed by atoms with E-state index in [1.165, 1.54) is 27.8 Å². The molecule has 0 bridgehead atoms. The van der Waals surface area contributed by atoms with Gasteiger partial charge in [-0.2, -0.15) is 9.97 Å². The van der Waals surface area contributed by atoms with Gasteiger partial charge in [-0.15, -0.1) is 0 Å². The van der Waals surface area contributed by atoms with Crippen LogP contribution in [0, 0.1) is 31.6 Å². The second-order valence-electron chi connectivity index (χ2n) is 18.1. The summed E-state index contributed by atoms with van der Waals surface area (Å²) < 4.78 is 11.3. The lowest BCUT2D eigenvalue weighted by atomic mass is 9.74. The Balaban J connectivity index is 0.000000189. The van der Waals surface area contributed by atoms with Gasteiger partial charge in [-0.3, -0.25) is 19.6 Å². The second kappa shape index (κ2) is 17.9. The number of aromatic nitrogens is 6. The molecular formula is C48H56N8O5. The number of carboxylic acid groups (broad SMARTS) is 1. The quantitative estimate of drug-likeness (QED) is 0.114. The van der Waals surface area contributed by atoms with E-state index in [0.29, 0.717) is 41.8 Å². The van der Waals surface area contributed by atoms with Crippen molar-refractivity contribution >= 4 is 11.9 Å². The number of aryl methyl sites for hydroxylation is 3. The molecule has 13 nitrogen and oxygen atoms in total. The molecule has 2 aliphatic carbocycles. The Morgan fingerprint density at radius 2 is 1.30 bits per heavy atom. The van der Waals surface area contributed by atoms with Gasteiger partial charge in [0.25, 0.3) is 11.8 Å². The summed E-state index contributed by atoms with van der Waals surface area (Å²) in [7, 11) is 0. The van der Waals surface area contributed by atoms with Crippen LogP contribution < -0.4 is 11.1 Å². The number of hydrogen-bond acceptors (Lipinski definition) is 11. The zero-order valence-corrected chi connectivity index (χ0v) is 36.3. The highest BCUT2D eigenvalue weighted by Crippen LogP contribution is 2.40. The molecule has 6 aromatic rings. The van der Waals surface area contributed by atoms with Gasteiger partial charge in [-0.05, 0) is 152 Å². The number of carboxylic acids is 1. The summed E-state index contributed by atoms with van der Waals surface area (Å²) in [4.78, 5) is 40.7. The molecule has 1 amide bonds. The maximum atomic E-state index is 11.9. The van der Waals surface area contributed by atoms with Crippen LogP contribution in [0.15, 0.2) is 64.2 Å². The second-order valence-corrected chi connectivity index (χ2v) is 18.1. The van der Waals surface area contributed by atoms with Crippen molar-refractivity contribution in [1.82, 2.24) is 35.6 Å². The number of pyridine rings is 2. The first kappa shape index (κ1) is 43.0. The monoisotopic (exact) mass is 824 g/mol. The summed E-state index contributed by atoms with van der Waals surface area (Å²) in [5, 5.41) is 19.6. The van der Waals surface area contributed by atoms with Gasteiger partial charge in [-0.25, -0.2) is 0 Å². The van der Waals surface area contributed by atoms with E-state index in [-0.39, 0.29) is 24.3 Å². The van der Waals surface area contributed by atoms with E-state index in [0.717, 1.165) is 89.5 Å². The lowest BCUT2D eigenvalue weighted by Crippen LogP contribution is -2.29. The van der Waals surface area contributed by atoms with Crippen molar-refractivity contribution in [2.75, 3.05) is 13.1 Å². The molecule has 2 aromatic carbocycles. The van der Waals surface area contributed by atoms with Crippen LogP contribution in [-0.4, -0.2) is 60.3 Å². The first-order valence-corrected chi connectivity index (χ1v) is 21.1. The van der Waals surface area contributed by atoms with Crippen LogP contribution in [0.5, 0.6) is 0 Å². The third kappa shape index (κ3) is 10.1. The molecule has 61 heavy (non-hydrogen) atoms. The van der Waals surface area contributed by atoms with E-state index < -0.39 is 5.97 Å². The average Bonchev–Trinajstić information content (AvgIpc) is 3.90. The minimum absolute atomic E-state index is 0.226. The smallest absolute Gasteiger partial charge is 0.322 e. The number of benzene rings is 2. The summed E-state index contributed by atoms with van der Waals surface area (Å²) in [5.74, 6) is 0.834. The maximum Gasteiger partial charge on any atom is 0.322 e. The highest BCUT2D eigenvalue weighted by Gasteiger charge is 2.30. The number of fused-ring (bicyclic) bond motifs is 2. The molecule has 0 aliphatic heterocycles. The Morgan fingerprint density at radius 3 is 1.84 bits per heavy atom. The molecule has 0 unspecified atom stereocenters. The largest absolute Gasteiger partial charge is 0.480 e. The number of rotatable bonds is 11. The van der Waals surface area contributed by atoms with Crippen LogP contribution in [-0.2, 0) is 48.1 Å². The molecular weight excluding hydrogens is 769 g/mol.